The highest BCUT2D eigenvalue weighted by molar-refractivity contribution is 5.94. The second-order valence-electron chi connectivity index (χ2n) is 7.90. The van der Waals surface area contributed by atoms with Crippen LogP contribution < -0.4 is 10.1 Å². The first-order valence-electron chi connectivity index (χ1n) is 9.78. The number of ether oxygens (including phenoxy) is 2. The van der Waals surface area contributed by atoms with Gasteiger partial charge in [0.1, 0.15) is 29.2 Å². The minimum Gasteiger partial charge on any atom is -0.484 e. The number of anilines is 1. The predicted molar refractivity (Wildman–Crippen MR) is 112 cm³/mol. The van der Waals surface area contributed by atoms with E-state index in [2.05, 4.69) is 5.32 Å². The summed E-state index contributed by atoms with van der Waals surface area (Å²) in [5, 5.41) is 24.9. The Morgan fingerprint density at radius 1 is 1.30 bits per heavy atom. The van der Waals surface area contributed by atoms with Gasteiger partial charge < -0.3 is 19.9 Å². The van der Waals surface area contributed by atoms with Crippen LogP contribution in [-0.2, 0) is 16.0 Å². The number of nitrogens with one attached hydrogen (secondary N) is 1. The summed E-state index contributed by atoms with van der Waals surface area (Å²) in [5.74, 6) is -0.126. The summed E-state index contributed by atoms with van der Waals surface area (Å²) < 4.78 is 11.5. The second kappa shape index (κ2) is 8.41. The zero-order valence-electron chi connectivity index (χ0n) is 17.5. The summed E-state index contributed by atoms with van der Waals surface area (Å²) in [6.07, 6.45) is -1.64. The van der Waals surface area contributed by atoms with Crippen molar-refractivity contribution in [2.45, 2.75) is 51.9 Å². The van der Waals surface area contributed by atoms with Crippen LogP contribution in [0.5, 0.6) is 5.75 Å². The highest BCUT2D eigenvalue weighted by Gasteiger charge is 2.44. The van der Waals surface area contributed by atoms with Crippen molar-refractivity contribution in [2.24, 2.45) is 0 Å². The molecule has 0 saturated carbocycles. The first-order chi connectivity index (χ1) is 14.1. The van der Waals surface area contributed by atoms with E-state index < -0.39 is 22.7 Å². The number of nitrogens with zero attached hydrogens (tertiary/aromatic N) is 1. The lowest BCUT2D eigenvalue weighted by molar-refractivity contribution is -0.384. The van der Waals surface area contributed by atoms with E-state index in [4.69, 9.17) is 9.47 Å². The van der Waals surface area contributed by atoms with Crippen molar-refractivity contribution in [2.75, 3.05) is 11.9 Å². The summed E-state index contributed by atoms with van der Waals surface area (Å²) in [7, 11) is 0. The molecule has 0 saturated heterocycles. The lowest BCUT2D eigenvalue weighted by atomic mass is 9.88. The molecule has 1 aliphatic rings. The molecule has 8 heteroatoms. The fourth-order valence-electron chi connectivity index (χ4n) is 3.47. The van der Waals surface area contributed by atoms with Gasteiger partial charge in [-0.3, -0.25) is 14.9 Å². The maximum Gasteiger partial charge on any atom is 0.296 e. The highest BCUT2D eigenvalue weighted by Crippen LogP contribution is 2.45. The largest absolute Gasteiger partial charge is 0.484 e. The summed E-state index contributed by atoms with van der Waals surface area (Å²) in [4.78, 5) is 23.6. The summed E-state index contributed by atoms with van der Waals surface area (Å²) >= 11 is 0. The van der Waals surface area contributed by atoms with Crippen molar-refractivity contribution in [1.82, 2.24) is 0 Å². The first-order valence-corrected chi connectivity index (χ1v) is 9.78. The quantitative estimate of drug-likeness (QED) is 0.551. The van der Waals surface area contributed by atoms with Crippen LogP contribution in [-0.4, -0.2) is 34.2 Å². The van der Waals surface area contributed by atoms with Crippen molar-refractivity contribution < 1.29 is 24.3 Å². The number of fused-ring (bicyclic) bond motifs is 1. The Hall–Kier alpha value is -2.97. The third kappa shape index (κ3) is 4.44. The van der Waals surface area contributed by atoms with Crippen molar-refractivity contribution in [3.63, 3.8) is 0 Å². The van der Waals surface area contributed by atoms with Gasteiger partial charge in [-0.15, -0.1) is 0 Å². The van der Waals surface area contributed by atoms with Gasteiger partial charge >= 0.3 is 0 Å². The smallest absolute Gasteiger partial charge is 0.296 e. The van der Waals surface area contributed by atoms with Crippen LogP contribution in [0, 0.1) is 17.0 Å². The number of aliphatic hydroxyl groups is 1. The van der Waals surface area contributed by atoms with Gasteiger partial charge in [-0.25, -0.2) is 0 Å². The molecule has 0 aromatic heterocycles. The van der Waals surface area contributed by atoms with E-state index in [1.54, 1.807) is 20.8 Å². The molecule has 0 unspecified atom stereocenters. The number of carbonyl (C=O) groups excluding carboxylic acids is 1. The van der Waals surface area contributed by atoms with Crippen LogP contribution in [0.1, 0.15) is 43.6 Å². The molecule has 0 spiro atoms. The number of carbonyl (C=O) groups is 1. The van der Waals surface area contributed by atoms with Crippen LogP contribution in [0.2, 0.25) is 0 Å². The van der Waals surface area contributed by atoms with Crippen LogP contribution >= 0.6 is 0 Å². The van der Waals surface area contributed by atoms with E-state index >= 15 is 0 Å². The predicted octanol–water partition coefficient (Wildman–Crippen LogP) is 3.69. The molecule has 0 aliphatic carbocycles. The molecule has 0 radical (unpaired) electrons. The molecule has 2 atom stereocenters. The molecule has 1 amide bonds. The number of aryl methyl sites for hydroxylation is 1. The summed E-state index contributed by atoms with van der Waals surface area (Å²) in [5.41, 5.74) is 1.10. The molecule has 3 rings (SSSR count). The maximum absolute atomic E-state index is 12.5. The Balaban J connectivity index is 1.95. The lowest BCUT2D eigenvalue weighted by Gasteiger charge is -2.41. The number of hydrogen-bond donors (Lipinski definition) is 2. The van der Waals surface area contributed by atoms with Crippen molar-refractivity contribution in [3.8, 4) is 5.75 Å². The molecule has 1 heterocycles. The van der Waals surface area contributed by atoms with Crippen molar-refractivity contribution >= 4 is 17.3 Å². The highest BCUT2D eigenvalue weighted by atomic mass is 16.6. The number of nitro benzene ring substituents is 1. The molecule has 1 aliphatic heterocycles. The zero-order valence-corrected chi connectivity index (χ0v) is 17.5. The van der Waals surface area contributed by atoms with Gasteiger partial charge in [-0.1, -0.05) is 29.8 Å². The molecule has 2 aromatic rings. The van der Waals surface area contributed by atoms with Gasteiger partial charge in [-0.2, -0.15) is 0 Å². The molecule has 2 N–H and O–H groups in total. The normalized spacial score (nSPS) is 19.5. The van der Waals surface area contributed by atoms with Crippen molar-refractivity contribution in [1.29, 1.82) is 0 Å². The maximum atomic E-state index is 12.5. The number of amides is 1. The Morgan fingerprint density at radius 2 is 1.97 bits per heavy atom. The monoisotopic (exact) mass is 414 g/mol. The van der Waals surface area contributed by atoms with E-state index in [9.17, 15) is 20.0 Å². The van der Waals surface area contributed by atoms with Gasteiger partial charge in [0.15, 0.2) is 0 Å². The van der Waals surface area contributed by atoms with E-state index in [-0.39, 0.29) is 29.5 Å². The fourth-order valence-corrected chi connectivity index (χ4v) is 3.47. The Morgan fingerprint density at radius 3 is 2.57 bits per heavy atom. The SMILES string of the molecule is CCO[C@H]1c2cc(NC(=O)Cc3ccc(C)cc3)c([N+](=O)[O-])cc2OC(C)(C)[C@@H]1O. The van der Waals surface area contributed by atoms with Crippen LogP contribution in [0.25, 0.3) is 0 Å². The summed E-state index contributed by atoms with van der Waals surface area (Å²) in [6.45, 7) is 7.46. The lowest BCUT2D eigenvalue weighted by Crippen LogP contribution is -2.49. The van der Waals surface area contributed by atoms with Gasteiger partial charge in [-0.05, 0) is 39.3 Å². The Bertz CT molecular complexity index is 955. The number of hydrogen-bond acceptors (Lipinski definition) is 6. The van der Waals surface area contributed by atoms with E-state index in [1.807, 2.05) is 31.2 Å². The number of aliphatic hydroxyl groups excluding tert-OH is 1. The number of rotatable bonds is 6. The molecule has 0 fully saturated rings. The average molecular weight is 414 g/mol. The molecule has 2 aromatic carbocycles. The number of benzene rings is 2. The fraction of sp³-hybridized carbons (Fsp3) is 0.409. The minimum atomic E-state index is -0.989. The molecule has 8 nitrogen and oxygen atoms in total. The molecule has 30 heavy (non-hydrogen) atoms. The van der Waals surface area contributed by atoms with Gasteiger partial charge in [0.2, 0.25) is 5.91 Å². The van der Waals surface area contributed by atoms with Crippen LogP contribution in [0.3, 0.4) is 0 Å². The average Bonchev–Trinajstić information content (AvgIpc) is 2.67. The van der Waals surface area contributed by atoms with E-state index in [0.29, 0.717) is 12.2 Å². The first kappa shape index (κ1) is 21.7. The van der Waals surface area contributed by atoms with E-state index in [1.165, 1.54) is 12.1 Å². The van der Waals surface area contributed by atoms with Gasteiger partial charge in [0, 0.05) is 12.2 Å². The topological polar surface area (TPSA) is 111 Å². The standard InChI is InChI=1S/C22H26N2O6/c1-5-29-20-15-11-16(23-19(25)10-14-8-6-13(2)7-9-14)17(24(27)28)12-18(15)30-22(3,4)21(20)26/h6-9,11-12,20-21,26H,5,10H2,1-4H3,(H,23,25)/t20-,21+/m0/s1. The van der Waals surface area contributed by atoms with E-state index in [0.717, 1.165) is 11.1 Å². The zero-order chi connectivity index (χ0) is 22.1. The Kier molecular flexibility index (Phi) is 6.09. The van der Waals surface area contributed by atoms with Crippen LogP contribution in [0.4, 0.5) is 11.4 Å². The molecular weight excluding hydrogens is 388 g/mol. The number of nitro groups is 1. The van der Waals surface area contributed by atoms with Crippen LogP contribution in [0.15, 0.2) is 36.4 Å². The summed E-state index contributed by atoms with van der Waals surface area (Å²) in [6, 6.07) is 10.2. The Labute approximate surface area is 175 Å². The third-order valence-electron chi connectivity index (χ3n) is 5.11. The molecule has 0 bridgehead atoms. The minimum absolute atomic E-state index is 0.0380. The molecule has 160 valence electrons. The van der Waals surface area contributed by atoms with Gasteiger partial charge in [0.05, 0.1) is 17.4 Å². The molecular formula is C22H26N2O6. The van der Waals surface area contributed by atoms with Gasteiger partial charge in [0.25, 0.3) is 5.69 Å². The second-order valence-corrected chi connectivity index (χ2v) is 7.90. The van der Waals surface area contributed by atoms with Crippen molar-refractivity contribution in [3.05, 3.63) is 63.2 Å². The third-order valence-corrected chi connectivity index (χ3v) is 5.11.